The van der Waals surface area contributed by atoms with Crippen molar-refractivity contribution in [1.29, 1.82) is 0 Å². The lowest BCUT2D eigenvalue weighted by atomic mass is 9.93. The molecule has 0 radical (unpaired) electrons. The molecule has 1 aromatic heterocycles. The normalized spacial score (nSPS) is 12.0. The van der Waals surface area contributed by atoms with Crippen LogP contribution in [-0.4, -0.2) is 5.11 Å². The van der Waals surface area contributed by atoms with Gasteiger partial charge in [0.2, 0.25) is 0 Å². The minimum Gasteiger partial charge on any atom is -0.507 e. The fourth-order valence-corrected chi connectivity index (χ4v) is 3.41. The Labute approximate surface area is 160 Å². The summed E-state index contributed by atoms with van der Waals surface area (Å²) in [5.41, 5.74) is 2.39. The van der Waals surface area contributed by atoms with Crippen LogP contribution in [0.25, 0.3) is 0 Å². The molecule has 1 N–H and O–H groups in total. The molecule has 0 fully saturated rings. The Morgan fingerprint density at radius 3 is 2.15 bits per heavy atom. The van der Waals surface area contributed by atoms with Crippen molar-refractivity contribution in [3.63, 3.8) is 0 Å². The van der Waals surface area contributed by atoms with Crippen molar-refractivity contribution >= 4 is 0 Å². The monoisotopic (exact) mass is 362 g/mol. The lowest BCUT2D eigenvalue weighted by Crippen LogP contribution is -2.12. The number of aromatic hydroxyl groups is 1. The highest BCUT2D eigenvalue weighted by molar-refractivity contribution is 5.32. The highest BCUT2D eigenvalue weighted by Gasteiger charge is 2.18. The SMILES string of the molecule is CC[C@H](Cc1ccccc1)c1cc(O)c(CCCc2ccccc2)c(=O)o1. The van der Waals surface area contributed by atoms with Crippen molar-refractivity contribution in [2.45, 2.75) is 44.9 Å². The highest BCUT2D eigenvalue weighted by Crippen LogP contribution is 2.27. The molecule has 3 nitrogen and oxygen atoms in total. The van der Waals surface area contributed by atoms with Crippen LogP contribution in [0.5, 0.6) is 5.75 Å². The third kappa shape index (κ3) is 5.10. The number of benzene rings is 2. The molecule has 0 saturated carbocycles. The van der Waals surface area contributed by atoms with E-state index in [1.807, 2.05) is 36.4 Å². The van der Waals surface area contributed by atoms with E-state index in [2.05, 4.69) is 31.2 Å². The van der Waals surface area contributed by atoms with Gasteiger partial charge in [0.1, 0.15) is 11.5 Å². The third-order valence-corrected chi connectivity index (χ3v) is 5.00. The predicted octanol–water partition coefficient (Wildman–Crippen LogP) is 5.26. The summed E-state index contributed by atoms with van der Waals surface area (Å²) < 4.78 is 5.60. The molecule has 1 atom stereocenters. The van der Waals surface area contributed by atoms with Gasteiger partial charge in [-0.1, -0.05) is 67.6 Å². The molecule has 2 aromatic carbocycles. The van der Waals surface area contributed by atoms with Gasteiger partial charge in [0.25, 0.3) is 0 Å². The van der Waals surface area contributed by atoms with E-state index in [1.165, 1.54) is 11.1 Å². The molecule has 0 unspecified atom stereocenters. The van der Waals surface area contributed by atoms with Gasteiger partial charge in [0, 0.05) is 12.0 Å². The van der Waals surface area contributed by atoms with Crippen molar-refractivity contribution in [2.24, 2.45) is 0 Å². The van der Waals surface area contributed by atoms with Crippen molar-refractivity contribution in [2.75, 3.05) is 0 Å². The number of rotatable bonds is 8. The van der Waals surface area contributed by atoms with Gasteiger partial charge in [-0.25, -0.2) is 4.79 Å². The zero-order chi connectivity index (χ0) is 19.1. The fourth-order valence-electron chi connectivity index (χ4n) is 3.41. The maximum absolute atomic E-state index is 12.4. The van der Waals surface area contributed by atoms with Crippen LogP contribution in [-0.2, 0) is 19.3 Å². The lowest BCUT2D eigenvalue weighted by molar-refractivity contribution is 0.384. The van der Waals surface area contributed by atoms with Crippen LogP contribution in [0.3, 0.4) is 0 Å². The molecular weight excluding hydrogens is 336 g/mol. The smallest absolute Gasteiger partial charge is 0.342 e. The summed E-state index contributed by atoms with van der Waals surface area (Å²) in [6.07, 6.45) is 3.80. The topological polar surface area (TPSA) is 50.4 Å². The largest absolute Gasteiger partial charge is 0.507 e. The zero-order valence-corrected chi connectivity index (χ0v) is 15.7. The first kappa shape index (κ1) is 19.0. The summed E-state index contributed by atoms with van der Waals surface area (Å²) in [5, 5.41) is 10.4. The Balaban J connectivity index is 1.70. The molecule has 0 bridgehead atoms. The van der Waals surface area contributed by atoms with E-state index in [9.17, 15) is 9.90 Å². The van der Waals surface area contributed by atoms with Crippen LogP contribution < -0.4 is 5.63 Å². The molecular formula is C24H26O3. The minimum atomic E-state index is -0.412. The average molecular weight is 362 g/mol. The molecule has 140 valence electrons. The summed E-state index contributed by atoms with van der Waals surface area (Å²) in [6.45, 7) is 2.07. The maximum Gasteiger partial charge on any atom is 0.342 e. The van der Waals surface area contributed by atoms with Crippen molar-refractivity contribution in [1.82, 2.24) is 0 Å². The molecule has 0 spiro atoms. The first-order valence-electron chi connectivity index (χ1n) is 9.61. The van der Waals surface area contributed by atoms with E-state index in [0.717, 1.165) is 25.7 Å². The van der Waals surface area contributed by atoms with Crippen LogP contribution in [0.15, 0.2) is 75.9 Å². The molecule has 27 heavy (non-hydrogen) atoms. The standard InChI is InChI=1S/C24H26O3/c1-2-20(16-19-12-7-4-8-13-19)23-17-22(25)21(24(26)27-23)15-9-14-18-10-5-3-6-11-18/h3-8,10-13,17,20,25H,2,9,14-16H2,1H3/t20-/m1/s1. The molecule has 0 saturated heterocycles. The zero-order valence-electron chi connectivity index (χ0n) is 15.7. The van der Waals surface area contributed by atoms with Gasteiger partial charge in [0.15, 0.2) is 0 Å². The van der Waals surface area contributed by atoms with E-state index >= 15 is 0 Å². The summed E-state index contributed by atoms with van der Waals surface area (Å²) in [4.78, 5) is 12.4. The molecule has 0 aliphatic heterocycles. The lowest BCUT2D eigenvalue weighted by Gasteiger charge is -2.15. The molecule has 0 aliphatic rings. The molecule has 3 heteroatoms. The molecule has 3 rings (SSSR count). The van der Waals surface area contributed by atoms with Crippen LogP contribution >= 0.6 is 0 Å². The minimum absolute atomic E-state index is 0.0563. The van der Waals surface area contributed by atoms with Crippen molar-refractivity contribution in [3.8, 4) is 5.75 Å². The Hall–Kier alpha value is -2.81. The van der Waals surface area contributed by atoms with Crippen LogP contribution in [0.2, 0.25) is 0 Å². The van der Waals surface area contributed by atoms with E-state index in [-0.39, 0.29) is 11.7 Å². The predicted molar refractivity (Wildman–Crippen MR) is 108 cm³/mol. The van der Waals surface area contributed by atoms with Crippen LogP contribution in [0.1, 0.15) is 48.1 Å². The van der Waals surface area contributed by atoms with Crippen molar-refractivity contribution in [3.05, 3.63) is 99.6 Å². The number of hydrogen-bond acceptors (Lipinski definition) is 3. The van der Waals surface area contributed by atoms with Gasteiger partial charge < -0.3 is 9.52 Å². The summed E-state index contributed by atoms with van der Waals surface area (Å²) in [6, 6.07) is 21.9. The van der Waals surface area contributed by atoms with E-state index in [4.69, 9.17) is 4.42 Å². The van der Waals surface area contributed by atoms with E-state index < -0.39 is 5.63 Å². The molecule has 1 heterocycles. The summed E-state index contributed by atoms with van der Waals surface area (Å²) in [5.74, 6) is 0.695. The maximum atomic E-state index is 12.4. The Kier molecular flexibility index (Phi) is 6.48. The average Bonchev–Trinajstić information content (AvgIpc) is 2.69. The second-order valence-electron chi connectivity index (χ2n) is 6.93. The number of aryl methyl sites for hydroxylation is 1. The quantitative estimate of drug-likeness (QED) is 0.595. The van der Waals surface area contributed by atoms with Gasteiger partial charge in [-0.15, -0.1) is 0 Å². The molecule has 3 aromatic rings. The Morgan fingerprint density at radius 2 is 1.56 bits per heavy atom. The van der Waals surface area contributed by atoms with Gasteiger partial charge in [-0.05, 0) is 43.2 Å². The molecule has 0 aliphatic carbocycles. The fraction of sp³-hybridized carbons (Fsp3) is 0.292. The first-order valence-corrected chi connectivity index (χ1v) is 9.61. The Bertz CT molecular complexity index is 898. The third-order valence-electron chi connectivity index (χ3n) is 5.00. The Morgan fingerprint density at radius 1 is 0.926 bits per heavy atom. The van der Waals surface area contributed by atoms with E-state index in [1.54, 1.807) is 6.07 Å². The second kappa shape index (κ2) is 9.22. The van der Waals surface area contributed by atoms with Gasteiger partial charge in [0.05, 0.1) is 5.56 Å². The number of hydrogen-bond donors (Lipinski definition) is 1. The van der Waals surface area contributed by atoms with Crippen LogP contribution in [0, 0.1) is 0 Å². The molecule has 0 amide bonds. The summed E-state index contributed by atoms with van der Waals surface area (Å²) in [7, 11) is 0. The van der Waals surface area contributed by atoms with Crippen molar-refractivity contribution < 1.29 is 9.52 Å². The van der Waals surface area contributed by atoms with Gasteiger partial charge in [-0.3, -0.25) is 0 Å². The second-order valence-corrected chi connectivity index (χ2v) is 6.93. The van der Waals surface area contributed by atoms with E-state index in [0.29, 0.717) is 17.7 Å². The van der Waals surface area contributed by atoms with Gasteiger partial charge >= 0.3 is 5.63 Å². The highest BCUT2D eigenvalue weighted by atomic mass is 16.4. The first-order chi connectivity index (χ1) is 13.2. The van der Waals surface area contributed by atoms with Gasteiger partial charge in [-0.2, -0.15) is 0 Å². The summed E-state index contributed by atoms with van der Waals surface area (Å²) >= 11 is 0. The van der Waals surface area contributed by atoms with Crippen LogP contribution in [0.4, 0.5) is 0 Å².